The number of halogens is 2. The summed E-state index contributed by atoms with van der Waals surface area (Å²) in [6, 6.07) is 4.29. The van der Waals surface area contributed by atoms with Gasteiger partial charge in [-0.15, -0.1) is 11.3 Å². The molecule has 1 heterocycles. The van der Waals surface area contributed by atoms with E-state index in [0.29, 0.717) is 4.88 Å². The van der Waals surface area contributed by atoms with Gasteiger partial charge in [0.1, 0.15) is 10.8 Å². The van der Waals surface area contributed by atoms with E-state index in [4.69, 9.17) is 16.7 Å². The predicted octanol–water partition coefficient (Wildman–Crippen LogP) is 3.61. The van der Waals surface area contributed by atoms with Gasteiger partial charge in [-0.05, 0) is 19.1 Å². The zero-order valence-electron chi connectivity index (χ0n) is 8.70. The van der Waals surface area contributed by atoms with Crippen molar-refractivity contribution in [2.45, 2.75) is 6.92 Å². The SMILES string of the molecule is Cc1sc(-c2c(F)cccc2Cl)nc1C(=O)O. The van der Waals surface area contributed by atoms with Crippen LogP contribution in [0.4, 0.5) is 4.39 Å². The molecule has 6 heteroatoms. The third-order valence-electron chi connectivity index (χ3n) is 2.18. The van der Waals surface area contributed by atoms with E-state index >= 15 is 0 Å². The van der Waals surface area contributed by atoms with Crippen molar-refractivity contribution in [3.8, 4) is 10.6 Å². The van der Waals surface area contributed by atoms with E-state index < -0.39 is 11.8 Å². The molecule has 0 fully saturated rings. The highest BCUT2D eigenvalue weighted by Gasteiger charge is 2.19. The lowest BCUT2D eigenvalue weighted by Gasteiger charge is -2.00. The maximum atomic E-state index is 13.6. The summed E-state index contributed by atoms with van der Waals surface area (Å²) >= 11 is 6.99. The zero-order valence-corrected chi connectivity index (χ0v) is 10.3. The highest BCUT2D eigenvalue weighted by Crippen LogP contribution is 2.34. The molecule has 17 heavy (non-hydrogen) atoms. The Hall–Kier alpha value is -1.46. The van der Waals surface area contributed by atoms with E-state index in [-0.39, 0.29) is 21.3 Å². The Balaban J connectivity index is 2.62. The fraction of sp³-hybridized carbons (Fsp3) is 0.0909. The van der Waals surface area contributed by atoms with Crippen LogP contribution < -0.4 is 0 Å². The molecule has 0 spiro atoms. The van der Waals surface area contributed by atoms with Gasteiger partial charge in [0.2, 0.25) is 0 Å². The minimum Gasteiger partial charge on any atom is -0.476 e. The number of carboxylic acid groups (broad SMARTS) is 1. The molecular weight excluding hydrogens is 265 g/mol. The molecule has 0 bridgehead atoms. The van der Waals surface area contributed by atoms with Gasteiger partial charge in [0.05, 0.1) is 10.6 Å². The van der Waals surface area contributed by atoms with Gasteiger partial charge in [0.15, 0.2) is 5.69 Å². The Labute approximate surface area is 106 Å². The molecule has 0 aliphatic heterocycles. The first kappa shape index (κ1) is 12.0. The van der Waals surface area contributed by atoms with Gasteiger partial charge in [-0.3, -0.25) is 0 Å². The molecule has 2 aromatic rings. The van der Waals surface area contributed by atoms with Crippen molar-refractivity contribution in [2.75, 3.05) is 0 Å². The summed E-state index contributed by atoms with van der Waals surface area (Å²) in [5.41, 5.74) is 0.0825. The maximum absolute atomic E-state index is 13.6. The summed E-state index contributed by atoms with van der Waals surface area (Å²) in [5, 5.41) is 9.38. The third-order valence-corrected chi connectivity index (χ3v) is 3.48. The fourth-order valence-corrected chi connectivity index (χ4v) is 2.68. The van der Waals surface area contributed by atoms with Crippen LogP contribution in [0.5, 0.6) is 0 Å². The van der Waals surface area contributed by atoms with Crippen molar-refractivity contribution < 1.29 is 14.3 Å². The largest absolute Gasteiger partial charge is 0.476 e. The van der Waals surface area contributed by atoms with Crippen LogP contribution in [0.2, 0.25) is 5.02 Å². The van der Waals surface area contributed by atoms with Crippen LogP contribution in [-0.2, 0) is 0 Å². The van der Waals surface area contributed by atoms with Crippen molar-refractivity contribution in [1.29, 1.82) is 0 Å². The summed E-state index contributed by atoms with van der Waals surface area (Å²) in [6.45, 7) is 1.62. The van der Waals surface area contributed by atoms with Gasteiger partial charge in [0, 0.05) is 4.88 Å². The van der Waals surface area contributed by atoms with Crippen LogP contribution >= 0.6 is 22.9 Å². The van der Waals surface area contributed by atoms with Crippen molar-refractivity contribution in [3.05, 3.63) is 39.6 Å². The van der Waals surface area contributed by atoms with Crippen LogP contribution in [0.1, 0.15) is 15.4 Å². The summed E-state index contributed by atoms with van der Waals surface area (Å²) < 4.78 is 13.6. The van der Waals surface area contributed by atoms with Crippen LogP contribution in [0.15, 0.2) is 18.2 Å². The summed E-state index contributed by atoms with van der Waals surface area (Å²) in [4.78, 5) is 15.3. The minimum atomic E-state index is -1.13. The van der Waals surface area contributed by atoms with Crippen molar-refractivity contribution in [2.24, 2.45) is 0 Å². The standard InChI is InChI=1S/C11H7ClFNO2S/c1-5-9(11(15)16)14-10(17-5)8-6(12)3-2-4-7(8)13/h2-4H,1H3,(H,15,16). The number of carbonyl (C=O) groups is 1. The van der Waals surface area contributed by atoms with E-state index in [1.807, 2.05) is 0 Å². The molecule has 1 aromatic carbocycles. The fourth-order valence-electron chi connectivity index (χ4n) is 1.40. The van der Waals surface area contributed by atoms with Crippen LogP contribution in [-0.4, -0.2) is 16.1 Å². The first-order valence-electron chi connectivity index (χ1n) is 4.66. The van der Waals surface area contributed by atoms with Crippen molar-refractivity contribution in [1.82, 2.24) is 4.98 Å². The Bertz CT molecular complexity index is 577. The van der Waals surface area contributed by atoms with Crippen LogP contribution in [0.25, 0.3) is 10.6 Å². The maximum Gasteiger partial charge on any atom is 0.355 e. The van der Waals surface area contributed by atoms with E-state index in [1.165, 1.54) is 18.2 Å². The number of aromatic nitrogens is 1. The molecule has 1 N–H and O–H groups in total. The normalized spacial score (nSPS) is 10.5. The van der Waals surface area contributed by atoms with E-state index in [1.54, 1.807) is 6.92 Å². The summed E-state index contributed by atoms with van der Waals surface area (Å²) in [5.74, 6) is -1.64. The first-order valence-corrected chi connectivity index (χ1v) is 5.85. The molecule has 0 radical (unpaired) electrons. The van der Waals surface area contributed by atoms with Gasteiger partial charge < -0.3 is 5.11 Å². The van der Waals surface area contributed by atoms with Crippen LogP contribution in [0, 0.1) is 12.7 Å². The number of thiazole rings is 1. The van der Waals surface area contributed by atoms with Gasteiger partial charge >= 0.3 is 5.97 Å². The highest BCUT2D eigenvalue weighted by molar-refractivity contribution is 7.15. The second-order valence-electron chi connectivity index (χ2n) is 3.33. The van der Waals surface area contributed by atoms with Gasteiger partial charge in [-0.25, -0.2) is 14.2 Å². The number of carboxylic acids is 1. The molecule has 88 valence electrons. The molecule has 2 rings (SSSR count). The lowest BCUT2D eigenvalue weighted by Crippen LogP contribution is -1.98. The Morgan fingerprint density at radius 3 is 2.76 bits per heavy atom. The molecule has 1 aromatic heterocycles. The Morgan fingerprint density at radius 1 is 1.53 bits per heavy atom. The van der Waals surface area contributed by atoms with Crippen LogP contribution in [0.3, 0.4) is 0 Å². The molecule has 0 unspecified atom stereocenters. The predicted molar refractivity (Wildman–Crippen MR) is 64.2 cm³/mol. The highest BCUT2D eigenvalue weighted by atomic mass is 35.5. The number of benzene rings is 1. The minimum absolute atomic E-state index is 0.0654. The first-order chi connectivity index (χ1) is 8.00. The molecule has 0 saturated heterocycles. The van der Waals surface area contributed by atoms with E-state index in [2.05, 4.69) is 4.98 Å². The number of rotatable bonds is 2. The molecule has 0 aliphatic rings. The lowest BCUT2D eigenvalue weighted by atomic mass is 10.2. The van der Waals surface area contributed by atoms with E-state index in [9.17, 15) is 9.18 Å². The van der Waals surface area contributed by atoms with Gasteiger partial charge in [0.25, 0.3) is 0 Å². The van der Waals surface area contributed by atoms with Crippen molar-refractivity contribution >= 4 is 28.9 Å². The number of hydrogen-bond acceptors (Lipinski definition) is 3. The number of aryl methyl sites for hydroxylation is 1. The number of hydrogen-bond donors (Lipinski definition) is 1. The second-order valence-corrected chi connectivity index (χ2v) is 4.94. The van der Waals surface area contributed by atoms with Gasteiger partial charge in [-0.1, -0.05) is 17.7 Å². The van der Waals surface area contributed by atoms with E-state index in [0.717, 1.165) is 11.3 Å². The Morgan fingerprint density at radius 2 is 2.24 bits per heavy atom. The molecule has 0 atom stereocenters. The van der Waals surface area contributed by atoms with Gasteiger partial charge in [-0.2, -0.15) is 0 Å². The molecule has 0 aliphatic carbocycles. The molecule has 3 nitrogen and oxygen atoms in total. The summed E-state index contributed by atoms with van der Waals surface area (Å²) in [7, 11) is 0. The number of aromatic carboxylic acids is 1. The average Bonchev–Trinajstić information content (AvgIpc) is 2.60. The molecule has 0 amide bonds. The smallest absolute Gasteiger partial charge is 0.355 e. The lowest BCUT2D eigenvalue weighted by molar-refractivity contribution is 0.0690. The molecule has 0 saturated carbocycles. The Kier molecular flexibility index (Phi) is 3.13. The summed E-state index contributed by atoms with van der Waals surface area (Å²) in [6.07, 6.45) is 0. The molecular formula is C11H7ClFNO2S. The monoisotopic (exact) mass is 271 g/mol. The topological polar surface area (TPSA) is 50.2 Å². The average molecular weight is 272 g/mol. The zero-order chi connectivity index (χ0) is 12.6. The number of nitrogens with zero attached hydrogens (tertiary/aromatic N) is 1. The third kappa shape index (κ3) is 2.16. The quantitative estimate of drug-likeness (QED) is 0.908. The second kappa shape index (κ2) is 4.43. The van der Waals surface area contributed by atoms with Crippen molar-refractivity contribution in [3.63, 3.8) is 0 Å².